The zero-order chi connectivity index (χ0) is 13.1. The van der Waals surface area contributed by atoms with E-state index in [0.717, 1.165) is 38.3 Å². The molecule has 1 unspecified atom stereocenters. The van der Waals surface area contributed by atoms with Gasteiger partial charge in [-0.15, -0.1) is 11.3 Å². The van der Waals surface area contributed by atoms with Crippen LogP contribution < -0.4 is 0 Å². The fourth-order valence-electron chi connectivity index (χ4n) is 2.30. The van der Waals surface area contributed by atoms with Gasteiger partial charge < -0.3 is 10.0 Å². The summed E-state index contributed by atoms with van der Waals surface area (Å²) in [4.78, 5) is 19.7. The first-order chi connectivity index (χ1) is 8.60. The van der Waals surface area contributed by atoms with E-state index in [2.05, 4.69) is 28.8 Å². The molecule has 100 valence electrons. The predicted molar refractivity (Wildman–Crippen MR) is 71.1 cm³/mol. The topological polar surface area (TPSA) is 56.7 Å². The zero-order valence-corrected chi connectivity index (χ0v) is 11.6. The first kappa shape index (κ1) is 13.5. The Balaban J connectivity index is 1.94. The monoisotopic (exact) mass is 269 g/mol. The van der Waals surface area contributed by atoms with Gasteiger partial charge in [-0.3, -0.25) is 4.90 Å². The van der Waals surface area contributed by atoms with E-state index in [1.807, 2.05) is 5.38 Å². The number of likely N-dealkylation sites (N-methyl/N-ethyl adjacent to an activating group) is 1. The number of thiazole rings is 1. The molecule has 0 spiro atoms. The van der Waals surface area contributed by atoms with Crippen LogP contribution in [0.3, 0.4) is 0 Å². The Kier molecular flexibility index (Phi) is 4.31. The number of carbonyl (C=O) groups is 1. The number of piperazine rings is 1. The number of carboxylic acid groups (broad SMARTS) is 1. The normalized spacial score (nSPS) is 22.2. The van der Waals surface area contributed by atoms with Gasteiger partial charge in [-0.25, -0.2) is 9.78 Å². The molecule has 0 aromatic carbocycles. The summed E-state index contributed by atoms with van der Waals surface area (Å²) in [5.41, 5.74) is 0.872. The summed E-state index contributed by atoms with van der Waals surface area (Å²) in [6, 6.07) is 0.594. The fourth-order valence-corrected chi connectivity index (χ4v) is 2.95. The van der Waals surface area contributed by atoms with Crippen LogP contribution in [0.25, 0.3) is 0 Å². The van der Waals surface area contributed by atoms with Crippen molar-refractivity contribution in [3.63, 3.8) is 0 Å². The van der Waals surface area contributed by atoms with E-state index in [1.165, 1.54) is 11.3 Å². The van der Waals surface area contributed by atoms with Crippen LogP contribution in [0.4, 0.5) is 0 Å². The van der Waals surface area contributed by atoms with Gasteiger partial charge >= 0.3 is 5.97 Å². The highest BCUT2D eigenvalue weighted by molar-refractivity contribution is 7.11. The van der Waals surface area contributed by atoms with Gasteiger partial charge in [0, 0.05) is 37.6 Å². The van der Waals surface area contributed by atoms with E-state index in [0.29, 0.717) is 6.04 Å². The average molecular weight is 269 g/mol. The maximum Gasteiger partial charge on any atom is 0.365 e. The smallest absolute Gasteiger partial charge is 0.365 e. The summed E-state index contributed by atoms with van der Waals surface area (Å²) >= 11 is 1.21. The van der Waals surface area contributed by atoms with Crippen molar-refractivity contribution in [3.8, 4) is 0 Å². The molecular formula is C12H19N3O2S. The summed E-state index contributed by atoms with van der Waals surface area (Å²) < 4.78 is 0. The second-order valence-electron chi connectivity index (χ2n) is 4.73. The SMILES string of the molecule is CCC1CN(Cc2csc(C(=O)O)n2)CCN1C. The van der Waals surface area contributed by atoms with E-state index in [4.69, 9.17) is 5.11 Å². The molecule has 6 heteroatoms. The van der Waals surface area contributed by atoms with Gasteiger partial charge in [-0.05, 0) is 13.5 Å². The van der Waals surface area contributed by atoms with Crippen molar-refractivity contribution in [1.29, 1.82) is 0 Å². The van der Waals surface area contributed by atoms with E-state index in [9.17, 15) is 4.79 Å². The number of hydrogen-bond acceptors (Lipinski definition) is 5. The van der Waals surface area contributed by atoms with Crippen molar-refractivity contribution >= 4 is 17.3 Å². The van der Waals surface area contributed by atoms with Crippen molar-refractivity contribution in [3.05, 3.63) is 16.1 Å². The lowest BCUT2D eigenvalue weighted by Crippen LogP contribution is -2.50. The quantitative estimate of drug-likeness (QED) is 0.894. The molecule has 2 rings (SSSR count). The van der Waals surface area contributed by atoms with Crippen molar-refractivity contribution < 1.29 is 9.90 Å². The van der Waals surface area contributed by atoms with Gasteiger partial charge in [-0.1, -0.05) is 6.92 Å². The number of nitrogens with zero attached hydrogens (tertiary/aromatic N) is 3. The molecule has 0 bridgehead atoms. The van der Waals surface area contributed by atoms with Crippen LogP contribution in [-0.2, 0) is 6.54 Å². The fraction of sp³-hybridized carbons (Fsp3) is 0.667. The Bertz CT molecular complexity index is 421. The molecule has 1 aromatic rings. The third kappa shape index (κ3) is 3.07. The molecule has 1 fully saturated rings. The highest BCUT2D eigenvalue weighted by atomic mass is 32.1. The lowest BCUT2D eigenvalue weighted by atomic mass is 10.1. The minimum Gasteiger partial charge on any atom is -0.476 e. The molecule has 18 heavy (non-hydrogen) atoms. The first-order valence-electron chi connectivity index (χ1n) is 6.20. The Morgan fingerprint density at radius 1 is 1.61 bits per heavy atom. The third-order valence-corrected chi connectivity index (χ3v) is 4.33. The van der Waals surface area contributed by atoms with Gasteiger partial charge in [0.05, 0.1) is 5.69 Å². The molecule has 0 amide bonds. The Hall–Kier alpha value is -0.980. The van der Waals surface area contributed by atoms with Crippen molar-refractivity contribution in [2.75, 3.05) is 26.7 Å². The molecule has 1 aromatic heterocycles. The highest BCUT2D eigenvalue weighted by Gasteiger charge is 2.23. The molecular weight excluding hydrogens is 250 g/mol. The van der Waals surface area contributed by atoms with Crippen LogP contribution in [0.1, 0.15) is 28.8 Å². The maximum absolute atomic E-state index is 10.8. The van der Waals surface area contributed by atoms with Crippen LogP contribution in [0.2, 0.25) is 0 Å². The predicted octanol–water partition coefficient (Wildman–Crippen LogP) is 1.37. The van der Waals surface area contributed by atoms with Crippen molar-refractivity contribution in [2.45, 2.75) is 25.9 Å². The maximum atomic E-state index is 10.8. The molecule has 0 radical (unpaired) electrons. The number of rotatable bonds is 4. The number of carboxylic acids is 1. The van der Waals surface area contributed by atoms with Gasteiger partial charge in [-0.2, -0.15) is 0 Å². The number of aromatic nitrogens is 1. The summed E-state index contributed by atoms with van der Waals surface area (Å²) in [5, 5.41) is 10.9. The van der Waals surface area contributed by atoms with Gasteiger partial charge in [0.2, 0.25) is 5.01 Å². The molecule has 2 heterocycles. The second kappa shape index (κ2) is 5.77. The molecule has 1 aliphatic heterocycles. The van der Waals surface area contributed by atoms with E-state index < -0.39 is 5.97 Å². The lowest BCUT2D eigenvalue weighted by molar-refractivity contribution is 0.0695. The second-order valence-corrected chi connectivity index (χ2v) is 5.59. The first-order valence-corrected chi connectivity index (χ1v) is 7.08. The number of hydrogen-bond donors (Lipinski definition) is 1. The molecule has 5 nitrogen and oxygen atoms in total. The number of aromatic carboxylic acids is 1. The van der Waals surface area contributed by atoms with Crippen LogP contribution >= 0.6 is 11.3 Å². The molecule has 1 N–H and O–H groups in total. The average Bonchev–Trinajstić information content (AvgIpc) is 2.80. The van der Waals surface area contributed by atoms with Gasteiger partial charge in [0.25, 0.3) is 0 Å². The molecule has 0 aliphatic carbocycles. The summed E-state index contributed by atoms with van der Waals surface area (Å²) in [6.07, 6.45) is 1.14. The zero-order valence-electron chi connectivity index (χ0n) is 10.8. The Labute approximate surface area is 111 Å². The van der Waals surface area contributed by atoms with Gasteiger partial charge in [0.15, 0.2) is 0 Å². The van der Waals surface area contributed by atoms with E-state index >= 15 is 0 Å². The molecule has 1 saturated heterocycles. The van der Waals surface area contributed by atoms with Crippen LogP contribution in [-0.4, -0.2) is 58.6 Å². The van der Waals surface area contributed by atoms with E-state index in [-0.39, 0.29) is 5.01 Å². The van der Waals surface area contributed by atoms with Crippen molar-refractivity contribution in [2.24, 2.45) is 0 Å². The lowest BCUT2D eigenvalue weighted by Gasteiger charge is -2.38. The standard InChI is InChI=1S/C12H19N3O2S/c1-3-10-7-15(5-4-14(10)2)6-9-8-18-11(13-9)12(16)17/h8,10H,3-7H2,1-2H3,(H,16,17). The van der Waals surface area contributed by atoms with Crippen LogP contribution in [0.15, 0.2) is 5.38 Å². The third-order valence-electron chi connectivity index (χ3n) is 3.45. The highest BCUT2D eigenvalue weighted by Crippen LogP contribution is 2.16. The molecule has 0 saturated carbocycles. The minimum absolute atomic E-state index is 0.186. The molecule has 1 aliphatic rings. The van der Waals surface area contributed by atoms with Crippen molar-refractivity contribution in [1.82, 2.24) is 14.8 Å². The Morgan fingerprint density at radius 2 is 2.39 bits per heavy atom. The summed E-state index contributed by atoms with van der Waals surface area (Å²) in [6.45, 7) is 6.08. The summed E-state index contributed by atoms with van der Waals surface area (Å²) in [7, 11) is 2.16. The van der Waals surface area contributed by atoms with E-state index in [1.54, 1.807) is 0 Å². The Morgan fingerprint density at radius 3 is 3.00 bits per heavy atom. The van der Waals surface area contributed by atoms with Crippen LogP contribution in [0, 0.1) is 0 Å². The summed E-state index contributed by atoms with van der Waals surface area (Å²) in [5.74, 6) is -0.934. The molecule has 1 atom stereocenters. The van der Waals surface area contributed by atoms with Gasteiger partial charge in [0.1, 0.15) is 0 Å². The minimum atomic E-state index is -0.934. The van der Waals surface area contributed by atoms with Crippen LogP contribution in [0.5, 0.6) is 0 Å². The largest absolute Gasteiger partial charge is 0.476 e.